The number of hydrogen-bond acceptors (Lipinski definition) is 4. The topological polar surface area (TPSA) is 76.7 Å². The number of carbonyl (C=O) groups excluding carboxylic acids is 2. The Morgan fingerprint density at radius 1 is 0.889 bits per heavy atom. The number of para-hydroxylation sites is 1. The Kier molecular flexibility index (Phi) is 8.02. The minimum Gasteiger partial charge on any atom is -0.484 e. The second-order valence-corrected chi connectivity index (χ2v) is 5.50. The van der Waals surface area contributed by atoms with Gasteiger partial charge in [-0.2, -0.15) is 8.78 Å². The van der Waals surface area contributed by atoms with E-state index >= 15 is 0 Å². The number of halogens is 2. The summed E-state index contributed by atoms with van der Waals surface area (Å²) >= 11 is 0. The SMILES string of the molecule is O=C(CNC(=O)COc1ccccc1)NCCc1ccc(OC(F)F)cc1. The number of ether oxygens (including phenoxy) is 2. The maximum atomic E-state index is 12.1. The predicted octanol–water partition coefficient (Wildman–Crippen LogP) is 2.14. The van der Waals surface area contributed by atoms with Gasteiger partial charge in [0, 0.05) is 6.54 Å². The molecule has 0 aromatic heterocycles. The van der Waals surface area contributed by atoms with Crippen LogP contribution in [0.1, 0.15) is 5.56 Å². The van der Waals surface area contributed by atoms with Crippen LogP contribution < -0.4 is 20.1 Å². The van der Waals surface area contributed by atoms with Crippen LogP contribution in [0.15, 0.2) is 54.6 Å². The van der Waals surface area contributed by atoms with Crippen molar-refractivity contribution in [2.75, 3.05) is 19.7 Å². The fraction of sp³-hybridized carbons (Fsp3) is 0.263. The molecule has 0 saturated heterocycles. The van der Waals surface area contributed by atoms with Crippen molar-refractivity contribution in [3.63, 3.8) is 0 Å². The van der Waals surface area contributed by atoms with E-state index in [-0.39, 0.29) is 24.8 Å². The number of nitrogens with one attached hydrogen (secondary N) is 2. The molecule has 0 atom stereocenters. The van der Waals surface area contributed by atoms with E-state index in [1.54, 1.807) is 36.4 Å². The molecule has 2 rings (SSSR count). The number of rotatable bonds is 10. The quantitative estimate of drug-likeness (QED) is 0.664. The van der Waals surface area contributed by atoms with Crippen molar-refractivity contribution in [2.24, 2.45) is 0 Å². The Morgan fingerprint density at radius 2 is 1.59 bits per heavy atom. The highest BCUT2D eigenvalue weighted by molar-refractivity contribution is 5.85. The summed E-state index contributed by atoms with van der Waals surface area (Å²) in [5.41, 5.74) is 0.859. The van der Waals surface area contributed by atoms with Crippen LogP contribution >= 0.6 is 0 Å². The first-order valence-corrected chi connectivity index (χ1v) is 8.28. The number of alkyl halides is 2. The Balaban J connectivity index is 1.59. The third-order valence-corrected chi connectivity index (χ3v) is 3.44. The Hall–Kier alpha value is -3.16. The summed E-state index contributed by atoms with van der Waals surface area (Å²) in [6.45, 7) is -2.84. The van der Waals surface area contributed by atoms with Crippen LogP contribution in [0.4, 0.5) is 8.78 Å². The Morgan fingerprint density at radius 3 is 2.26 bits per heavy atom. The molecule has 0 fully saturated rings. The van der Waals surface area contributed by atoms with Gasteiger partial charge in [-0.15, -0.1) is 0 Å². The molecule has 144 valence electrons. The molecule has 0 unspecified atom stereocenters. The molecule has 0 aliphatic heterocycles. The average Bonchev–Trinajstić information content (AvgIpc) is 2.66. The fourth-order valence-electron chi connectivity index (χ4n) is 2.14. The zero-order chi connectivity index (χ0) is 19.5. The summed E-state index contributed by atoms with van der Waals surface area (Å²) in [5, 5.41) is 5.12. The lowest BCUT2D eigenvalue weighted by molar-refractivity contribution is -0.127. The lowest BCUT2D eigenvalue weighted by Crippen LogP contribution is -2.39. The van der Waals surface area contributed by atoms with E-state index in [4.69, 9.17) is 4.74 Å². The summed E-state index contributed by atoms with van der Waals surface area (Å²) in [7, 11) is 0. The third kappa shape index (κ3) is 8.17. The second kappa shape index (κ2) is 10.7. The summed E-state index contributed by atoms with van der Waals surface area (Å²) in [6, 6.07) is 15.0. The molecule has 0 spiro atoms. The smallest absolute Gasteiger partial charge is 0.387 e. The minimum absolute atomic E-state index is 0.0817. The van der Waals surface area contributed by atoms with Crippen molar-refractivity contribution in [3.05, 3.63) is 60.2 Å². The summed E-state index contributed by atoms with van der Waals surface area (Å²) in [5.74, 6) is -0.0790. The van der Waals surface area contributed by atoms with Crippen LogP contribution in [0, 0.1) is 0 Å². The molecule has 2 N–H and O–H groups in total. The molecule has 6 nitrogen and oxygen atoms in total. The van der Waals surface area contributed by atoms with Gasteiger partial charge in [0.1, 0.15) is 11.5 Å². The molecule has 0 aliphatic carbocycles. The van der Waals surface area contributed by atoms with Crippen molar-refractivity contribution < 1.29 is 27.8 Å². The van der Waals surface area contributed by atoms with Crippen molar-refractivity contribution >= 4 is 11.8 Å². The van der Waals surface area contributed by atoms with Crippen molar-refractivity contribution in [3.8, 4) is 11.5 Å². The summed E-state index contributed by atoms with van der Waals surface area (Å²) in [4.78, 5) is 23.4. The molecule has 2 aromatic rings. The van der Waals surface area contributed by atoms with Crippen molar-refractivity contribution in [1.82, 2.24) is 10.6 Å². The van der Waals surface area contributed by atoms with E-state index in [0.29, 0.717) is 18.7 Å². The first-order valence-electron chi connectivity index (χ1n) is 8.28. The molecule has 27 heavy (non-hydrogen) atoms. The fourth-order valence-corrected chi connectivity index (χ4v) is 2.14. The highest BCUT2D eigenvalue weighted by Crippen LogP contribution is 2.14. The normalized spacial score (nSPS) is 10.3. The maximum Gasteiger partial charge on any atom is 0.387 e. The third-order valence-electron chi connectivity index (χ3n) is 3.44. The van der Waals surface area contributed by atoms with E-state index in [1.165, 1.54) is 12.1 Å². The van der Waals surface area contributed by atoms with Gasteiger partial charge in [0.15, 0.2) is 6.61 Å². The Labute approximate surface area is 155 Å². The lowest BCUT2D eigenvalue weighted by Gasteiger charge is -2.09. The van der Waals surface area contributed by atoms with Crippen molar-refractivity contribution in [2.45, 2.75) is 13.0 Å². The van der Waals surface area contributed by atoms with Gasteiger partial charge in [-0.3, -0.25) is 9.59 Å². The maximum absolute atomic E-state index is 12.1. The van der Waals surface area contributed by atoms with Gasteiger partial charge in [0.2, 0.25) is 5.91 Å². The van der Waals surface area contributed by atoms with Gasteiger partial charge in [0.05, 0.1) is 6.54 Å². The van der Waals surface area contributed by atoms with Gasteiger partial charge >= 0.3 is 6.61 Å². The number of amides is 2. The summed E-state index contributed by atoms with van der Waals surface area (Å²) < 4.78 is 33.7. The molecular weight excluding hydrogens is 358 g/mol. The molecule has 0 bridgehead atoms. The van der Waals surface area contributed by atoms with Crippen LogP contribution in [-0.4, -0.2) is 38.1 Å². The van der Waals surface area contributed by atoms with E-state index in [9.17, 15) is 18.4 Å². The first-order chi connectivity index (χ1) is 13.0. The van der Waals surface area contributed by atoms with Gasteiger partial charge in [-0.05, 0) is 36.2 Å². The largest absolute Gasteiger partial charge is 0.484 e. The summed E-state index contributed by atoms with van der Waals surface area (Å²) in [6.07, 6.45) is 0.520. The number of hydrogen-bond donors (Lipinski definition) is 2. The van der Waals surface area contributed by atoms with Crippen LogP contribution in [0.2, 0.25) is 0 Å². The van der Waals surface area contributed by atoms with Gasteiger partial charge < -0.3 is 20.1 Å². The lowest BCUT2D eigenvalue weighted by atomic mass is 10.1. The molecule has 2 amide bonds. The van der Waals surface area contributed by atoms with Gasteiger partial charge in [0.25, 0.3) is 5.91 Å². The highest BCUT2D eigenvalue weighted by atomic mass is 19.3. The molecule has 0 heterocycles. The van der Waals surface area contributed by atoms with Crippen molar-refractivity contribution in [1.29, 1.82) is 0 Å². The van der Waals surface area contributed by atoms with Crippen LogP contribution in [-0.2, 0) is 16.0 Å². The standard InChI is InChI=1S/C19H20F2N2O4/c20-19(21)27-16-8-6-14(7-9-16)10-11-22-17(24)12-23-18(25)13-26-15-4-2-1-3-5-15/h1-9,19H,10-13H2,(H,22,24)(H,23,25). The van der Waals surface area contributed by atoms with E-state index < -0.39 is 12.5 Å². The average molecular weight is 378 g/mol. The predicted molar refractivity (Wildman–Crippen MR) is 94.7 cm³/mol. The van der Waals surface area contributed by atoms with Crippen LogP contribution in [0.25, 0.3) is 0 Å². The van der Waals surface area contributed by atoms with Gasteiger partial charge in [-0.25, -0.2) is 0 Å². The minimum atomic E-state index is -2.86. The second-order valence-electron chi connectivity index (χ2n) is 5.50. The number of benzene rings is 2. The highest BCUT2D eigenvalue weighted by Gasteiger charge is 2.07. The Bertz CT molecular complexity index is 724. The number of carbonyl (C=O) groups is 2. The molecular formula is C19H20F2N2O4. The van der Waals surface area contributed by atoms with E-state index in [2.05, 4.69) is 15.4 Å². The van der Waals surface area contributed by atoms with Crippen LogP contribution in [0.3, 0.4) is 0 Å². The van der Waals surface area contributed by atoms with Crippen LogP contribution in [0.5, 0.6) is 11.5 Å². The molecule has 0 saturated carbocycles. The van der Waals surface area contributed by atoms with Gasteiger partial charge in [-0.1, -0.05) is 30.3 Å². The zero-order valence-corrected chi connectivity index (χ0v) is 14.5. The monoisotopic (exact) mass is 378 g/mol. The molecule has 2 aromatic carbocycles. The molecule has 8 heteroatoms. The van der Waals surface area contributed by atoms with E-state index in [0.717, 1.165) is 5.56 Å². The molecule has 0 radical (unpaired) electrons. The van der Waals surface area contributed by atoms with E-state index in [1.807, 2.05) is 6.07 Å². The first kappa shape index (κ1) is 20.2. The molecule has 0 aliphatic rings. The zero-order valence-electron chi connectivity index (χ0n) is 14.5.